The van der Waals surface area contributed by atoms with Gasteiger partial charge in [-0.2, -0.15) is 18.3 Å². The predicted molar refractivity (Wildman–Crippen MR) is 111 cm³/mol. The molecule has 1 aromatic carbocycles. The Balaban J connectivity index is 1.65. The summed E-state index contributed by atoms with van der Waals surface area (Å²) in [5.41, 5.74) is 3.32. The molecule has 0 radical (unpaired) electrons. The van der Waals surface area contributed by atoms with Crippen LogP contribution in [0.25, 0.3) is 0 Å². The molecule has 3 heterocycles. The molecular weight excluding hydrogens is 475 g/mol. The highest BCUT2D eigenvalue weighted by atomic mass is 19.4. The number of rotatable bonds is 5. The van der Waals surface area contributed by atoms with Gasteiger partial charge < -0.3 is 15.4 Å². The smallest absolute Gasteiger partial charge is 0.381 e. The topological polar surface area (TPSA) is 90.5 Å². The number of carbonyl (C=O) groups is 2. The first-order chi connectivity index (χ1) is 16.4. The van der Waals surface area contributed by atoms with Crippen molar-refractivity contribution in [1.29, 1.82) is 0 Å². The molecule has 188 valence electrons. The quantitative estimate of drug-likeness (QED) is 0.642. The largest absolute Gasteiger partial charge is 0.419 e. The molecule has 3 fully saturated rings. The normalized spacial score (nSPS) is 26.9. The number of piperidine rings is 1. The standard InChI is InChI=1S/C23H23F5N4O3/c1-10-7-30-31(2)19(10)21(34)32-17(20(29)33)3-12-6-22(12,32)18(11-8-35-9-11)13-4-16(25)14(5-15(13)24)23(26,27)28/h4-5,7,11-12,17-18H,3,6,8-9H2,1-2H3,(H2,29,33)/t12?,17?,18-,22?/m1/s1. The summed E-state index contributed by atoms with van der Waals surface area (Å²) < 4.78 is 76.0. The zero-order valence-corrected chi connectivity index (χ0v) is 18.9. The van der Waals surface area contributed by atoms with E-state index in [9.17, 15) is 27.2 Å². The molecule has 2 saturated heterocycles. The lowest BCUT2D eigenvalue weighted by atomic mass is 9.76. The van der Waals surface area contributed by atoms with E-state index in [0.29, 0.717) is 18.1 Å². The van der Waals surface area contributed by atoms with Crippen LogP contribution in [0.4, 0.5) is 22.0 Å². The highest BCUT2D eigenvalue weighted by Crippen LogP contribution is 2.67. The van der Waals surface area contributed by atoms with Crippen LogP contribution in [0, 0.1) is 30.4 Å². The lowest BCUT2D eigenvalue weighted by Gasteiger charge is -2.44. The molecule has 1 aromatic heterocycles. The Morgan fingerprint density at radius 1 is 1.23 bits per heavy atom. The third-order valence-electron chi connectivity index (χ3n) is 7.66. The summed E-state index contributed by atoms with van der Waals surface area (Å²) in [5.74, 6) is -5.63. The zero-order chi connectivity index (χ0) is 25.4. The molecule has 1 aliphatic carbocycles. The number of nitrogens with two attached hydrogens (primary N) is 1. The SMILES string of the molecule is Cc1cnn(C)c1C(=O)N1C(C(N)=O)CC2CC21[C@@H](c1cc(F)c(C(F)(F)F)cc1F)C1COC1. The van der Waals surface area contributed by atoms with Crippen LogP contribution >= 0.6 is 0 Å². The fourth-order valence-electron chi connectivity index (χ4n) is 6.05. The summed E-state index contributed by atoms with van der Waals surface area (Å²) in [4.78, 5) is 27.5. The average Bonchev–Trinajstić information content (AvgIpc) is 3.18. The summed E-state index contributed by atoms with van der Waals surface area (Å²) in [7, 11) is 1.56. The molecule has 12 heteroatoms. The monoisotopic (exact) mass is 498 g/mol. The number of carbonyl (C=O) groups excluding carboxylic acids is 2. The summed E-state index contributed by atoms with van der Waals surface area (Å²) in [6.07, 6.45) is -2.97. The van der Waals surface area contributed by atoms with Gasteiger partial charge in [0.25, 0.3) is 5.91 Å². The van der Waals surface area contributed by atoms with E-state index in [1.807, 2.05) is 0 Å². The molecule has 3 unspecified atom stereocenters. The lowest BCUT2D eigenvalue weighted by molar-refractivity contribution is -0.140. The lowest BCUT2D eigenvalue weighted by Crippen LogP contribution is -2.55. The summed E-state index contributed by atoms with van der Waals surface area (Å²) >= 11 is 0. The molecule has 35 heavy (non-hydrogen) atoms. The van der Waals surface area contributed by atoms with Gasteiger partial charge in [0.1, 0.15) is 23.4 Å². The van der Waals surface area contributed by atoms with Crippen molar-refractivity contribution in [1.82, 2.24) is 14.7 Å². The first-order valence-electron chi connectivity index (χ1n) is 11.1. The van der Waals surface area contributed by atoms with Crippen LogP contribution in [0.2, 0.25) is 0 Å². The van der Waals surface area contributed by atoms with Crippen LogP contribution in [-0.2, 0) is 22.8 Å². The number of ether oxygens (including phenoxy) is 1. The molecule has 2 amide bonds. The number of likely N-dealkylation sites (tertiary alicyclic amines) is 1. The van der Waals surface area contributed by atoms with Crippen molar-refractivity contribution in [3.63, 3.8) is 0 Å². The number of hydrogen-bond donors (Lipinski definition) is 1. The van der Waals surface area contributed by atoms with E-state index < -0.39 is 52.7 Å². The maximum atomic E-state index is 15.2. The number of halogens is 5. The molecule has 0 bridgehead atoms. The van der Waals surface area contributed by atoms with Crippen molar-refractivity contribution in [3.05, 3.63) is 52.3 Å². The fourth-order valence-corrected chi connectivity index (χ4v) is 6.05. The Labute approximate surface area is 197 Å². The van der Waals surface area contributed by atoms with Gasteiger partial charge in [-0.25, -0.2) is 8.78 Å². The summed E-state index contributed by atoms with van der Waals surface area (Å²) in [6.45, 7) is 2.00. The molecule has 2 aromatic rings. The fraction of sp³-hybridized carbons (Fsp3) is 0.522. The van der Waals surface area contributed by atoms with Crippen LogP contribution < -0.4 is 5.73 Å². The van der Waals surface area contributed by atoms with E-state index in [1.165, 1.54) is 15.8 Å². The maximum Gasteiger partial charge on any atom is 0.419 e. The molecule has 4 atom stereocenters. The van der Waals surface area contributed by atoms with Gasteiger partial charge in [0, 0.05) is 18.9 Å². The number of aromatic nitrogens is 2. The highest BCUT2D eigenvalue weighted by molar-refractivity contribution is 5.99. The Morgan fingerprint density at radius 3 is 2.43 bits per heavy atom. The molecule has 2 N–H and O–H groups in total. The van der Waals surface area contributed by atoms with Crippen molar-refractivity contribution in [2.24, 2.45) is 24.6 Å². The first kappa shape index (κ1) is 23.7. The van der Waals surface area contributed by atoms with E-state index in [-0.39, 0.29) is 48.8 Å². The molecule has 5 rings (SSSR count). The van der Waals surface area contributed by atoms with Crippen LogP contribution in [0.5, 0.6) is 0 Å². The van der Waals surface area contributed by atoms with Gasteiger partial charge in [-0.3, -0.25) is 14.3 Å². The van der Waals surface area contributed by atoms with Crippen LogP contribution in [0.1, 0.15) is 45.9 Å². The first-order valence-corrected chi connectivity index (χ1v) is 11.1. The van der Waals surface area contributed by atoms with Gasteiger partial charge in [-0.15, -0.1) is 0 Å². The van der Waals surface area contributed by atoms with Crippen molar-refractivity contribution < 1.29 is 36.3 Å². The third-order valence-corrected chi connectivity index (χ3v) is 7.66. The number of hydrogen-bond acceptors (Lipinski definition) is 4. The molecule has 7 nitrogen and oxygen atoms in total. The van der Waals surface area contributed by atoms with Crippen LogP contribution in [0.15, 0.2) is 18.3 Å². The van der Waals surface area contributed by atoms with Crippen LogP contribution in [-0.4, -0.2) is 51.3 Å². The number of amides is 2. The number of nitrogens with zero attached hydrogens (tertiary/aromatic N) is 3. The van der Waals surface area contributed by atoms with Gasteiger partial charge in [-0.1, -0.05) is 0 Å². The third kappa shape index (κ3) is 3.44. The van der Waals surface area contributed by atoms with Crippen molar-refractivity contribution in [2.75, 3.05) is 13.2 Å². The predicted octanol–water partition coefficient (Wildman–Crippen LogP) is 2.91. The molecule has 1 saturated carbocycles. The number of benzene rings is 1. The second-order valence-corrected chi connectivity index (χ2v) is 9.65. The Hall–Kier alpha value is -3.02. The summed E-state index contributed by atoms with van der Waals surface area (Å²) in [6, 6.07) is -0.273. The van der Waals surface area contributed by atoms with E-state index in [1.54, 1.807) is 14.0 Å². The molecule has 0 spiro atoms. The maximum absolute atomic E-state index is 15.2. The second kappa shape index (κ2) is 7.74. The van der Waals surface area contributed by atoms with Gasteiger partial charge >= 0.3 is 6.18 Å². The minimum absolute atomic E-state index is 0.156. The minimum atomic E-state index is -5.07. The minimum Gasteiger partial charge on any atom is -0.381 e. The van der Waals surface area contributed by atoms with Crippen LogP contribution in [0.3, 0.4) is 0 Å². The Bertz CT molecular complexity index is 1200. The van der Waals surface area contributed by atoms with Gasteiger partial charge in [0.2, 0.25) is 5.91 Å². The number of primary amides is 1. The van der Waals surface area contributed by atoms with E-state index in [2.05, 4.69) is 5.10 Å². The van der Waals surface area contributed by atoms with Crippen molar-refractivity contribution in [2.45, 2.75) is 43.4 Å². The molecule has 2 aliphatic heterocycles. The Kier molecular flexibility index (Phi) is 5.24. The zero-order valence-electron chi connectivity index (χ0n) is 18.9. The molecular formula is C23H23F5N4O3. The van der Waals surface area contributed by atoms with Gasteiger partial charge in [0.05, 0.1) is 30.5 Å². The van der Waals surface area contributed by atoms with E-state index in [0.717, 1.165) is 0 Å². The van der Waals surface area contributed by atoms with E-state index in [4.69, 9.17) is 10.5 Å². The highest BCUT2D eigenvalue weighted by Gasteiger charge is 2.73. The van der Waals surface area contributed by atoms with Gasteiger partial charge in [0.15, 0.2) is 0 Å². The number of fused-ring (bicyclic) bond motifs is 1. The number of alkyl halides is 3. The van der Waals surface area contributed by atoms with Crippen molar-refractivity contribution >= 4 is 11.8 Å². The summed E-state index contributed by atoms with van der Waals surface area (Å²) in [5, 5.41) is 4.08. The Morgan fingerprint density at radius 2 is 1.91 bits per heavy atom. The van der Waals surface area contributed by atoms with E-state index >= 15 is 4.39 Å². The van der Waals surface area contributed by atoms with Gasteiger partial charge in [-0.05, 0) is 48.9 Å². The van der Waals surface area contributed by atoms with Crippen molar-refractivity contribution in [3.8, 4) is 0 Å². The molecule has 3 aliphatic rings. The number of aryl methyl sites for hydroxylation is 2. The average molecular weight is 498 g/mol. The second-order valence-electron chi connectivity index (χ2n) is 9.65.